The first-order chi connectivity index (χ1) is 10.4. The minimum atomic E-state index is -0.644. The maximum Gasteiger partial charge on any atom is 0.242 e. The van der Waals surface area contributed by atoms with Crippen molar-refractivity contribution in [1.82, 2.24) is 15.1 Å². The minimum absolute atomic E-state index is 0.0870. The Bertz CT molecular complexity index is 515. The first-order valence-electron chi connectivity index (χ1n) is 7.33. The number of carbonyl (C=O) groups excluding carboxylic acids is 2. The number of hydrogen-bond acceptors (Lipinski definition) is 5. The highest BCUT2D eigenvalue weighted by atomic mass is 16.3. The average molecular weight is 309 g/mol. The van der Waals surface area contributed by atoms with E-state index in [1.165, 1.54) is 11.8 Å². The van der Waals surface area contributed by atoms with Gasteiger partial charge in [-0.2, -0.15) is 0 Å². The summed E-state index contributed by atoms with van der Waals surface area (Å²) < 4.78 is 5.39. The fourth-order valence-electron chi connectivity index (χ4n) is 2.74. The molecule has 1 aliphatic heterocycles. The summed E-state index contributed by atoms with van der Waals surface area (Å²) in [7, 11) is 3.81. The van der Waals surface area contributed by atoms with E-state index in [-0.39, 0.29) is 30.8 Å². The zero-order valence-corrected chi connectivity index (χ0v) is 13.2. The summed E-state index contributed by atoms with van der Waals surface area (Å²) in [6.45, 7) is 1.99. The number of aliphatic hydroxyl groups is 1. The molecule has 1 aliphatic rings. The predicted molar refractivity (Wildman–Crippen MR) is 79.9 cm³/mol. The van der Waals surface area contributed by atoms with Gasteiger partial charge in [-0.05, 0) is 26.2 Å². The number of β-amino-alcohol motifs (C(OH)–C–C–N with tert-alkyl or cyclic N) is 1. The largest absolute Gasteiger partial charge is 0.468 e. The van der Waals surface area contributed by atoms with Crippen molar-refractivity contribution in [2.24, 2.45) is 0 Å². The van der Waals surface area contributed by atoms with Crippen LogP contribution in [0, 0.1) is 0 Å². The molecule has 1 aromatic heterocycles. The number of rotatable bonds is 5. The molecule has 7 nitrogen and oxygen atoms in total. The summed E-state index contributed by atoms with van der Waals surface area (Å²) >= 11 is 0. The number of likely N-dealkylation sites (tertiary alicyclic amines) is 1. The van der Waals surface area contributed by atoms with E-state index in [1.807, 2.05) is 25.1 Å². The molecule has 7 heteroatoms. The smallest absolute Gasteiger partial charge is 0.242 e. The number of furan rings is 1. The van der Waals surface area contributed by atoms with E-state index in [4.69, 9.17) is 4.42 Å². The number of carbonyl (C=O) groups is 2. The van der Waals surface area contributed by atoms with Gasteiger partial charge in [0.2, 0.25) is 11.8 Å². The second-order valence-electron chi connectivity index (χ2n) is 5.82. The van der Waals surface area contributed by atoms with Crippen LogP contribution in [0.2, 0.25) is 0 Å². The highest BCUT2D eigenvalue weighted by molar-refractivity contribution is 5.87. The first-order valence-corrected chi connectivity index (χ1v) is 7.33. The highest BCUT2D eigenvalue weighted by Crippen LogP contribution is 2.20. The summed E-state index contributed by atoms with van der Waals surface area (Å²) in [5, 5.41) is 12.5. The number of aliphatic hydroxyl groups excluding tert-OH is 1. The molecule has 122 valence electrons. The summed E-state index contributed by atoms with van der Waals surface area (Å²) in [4.78, 5) is 27.3. The van der Waals surface area contributed by atoms with Crippen molar-refractivity contribution in [1.29, 1.82) is 0 Å². The second kappa shape index (κ2) is 6.93. The van der Waals surface area contributed by atoms with Crippen molar-refractivity contribution in [3.63, 3.8) is 0 Å². The van der Waals surface area contributed by atoms with Crippen molar-refractivity contribution in [2.45, 2.75) is 31.5 Å². The van der Waals surface area contributed by atoms with Crippen LogP contribution in [0.4, 0.5) is 0 Å². The van der Waals surface area contributed by atoms with Crippen LogP contribution in [-0.4, -0.2) is 66.1 Å². The summed E-state index contributed by atoms with van der Waals surface area (Å²) in [5.74, 6) is 0.317. The van der Waals surface area contributed by atoms with Gasteiger partial charge in [-0.15, -0.1) is 0 Å². The van der Waals surface area contributed by atoms with E-state index in [1.54, 1.807) is 12.3 Å². The summed E-state index contributed by atoms with van der Waals surface area (Å²) in [5.41, 5.74) is 0. The van der Waals surface area contributed by atoms with E-state index >= 15 is 0 Å². The van der Waals surface area contributed by atoms with E-state index in [9.17, 15) is 14.7 Å². The van der Waals surface area contributed by atoms with Crippen LogP contribution in [0.1, 0.15) is 25.1 Å². The molecule has 0 aliphatic carbocycles. The number of likely N-dealkylation sites (N-methyl/N-ethyl adjacent to an activating group) is 1. The van der Waals surface area contributed by atoms with Gasteiger partial charge < -0.3 is 19.7 Å². The van der Waals surface area contributed by atoms with Crippen molar-refractivity contribution in [3.8, 4) is 0 Å². The van der Waals surface area contributed by atoms with Crippen LogP contribution in [0.3, 0.4) is 0 Å². The van der Waals surface area contributed by atoms with E-state index in [2.05, 4.69) is 5.32 Å². The number of hydrogen-bond donors (Lipinski definition) is 2. The zero-order valence-electron chi connectivity index (χ0n) is 13.2. The standard InChI is InChI=1S/C15H23N3O4/c1-10(19)18-9-11(20)7-12(18)15(21)16-8-13(17(2)3)14-5-4-6-22-14/h4-6,11-13,20H,7-9H2,1-3H3,(H,16,21)/t11-,12+,13+/m0/s1. The molecule has 1 saturated heterocycles. The Morgan fingerprint density at radius 3 is 2.82 bits per heavy atom. The molecule has 2 N–H and O–H groups in total. The molecule has 3 atom stereocenters. The minimum Gasteiger partial charge on any atom is -0.468 e. The third-order valence-electron chi connectivity index (χ3n) is 3.95. The van der Waals surface area contributed by atoms with Gasteiger partial charge in [0.1, 0.15) is 11.8 Å². The molecule has 2 amide bonds. The third kappa shape index (κ3) is 3.66. The molecule has 22 heavy (non-hydrogen) atoms. The van der Waals surface area contributed by atoms with Crippen molar-refractivity contribution in [3.05, 3.63) is 24.2 Å². The Morgan fingerprint density at radius 1 is 1.55 bits per heavy atom. The van der Waals surface area contributed by atoms with Crippen molar-refractivity contribution >= 4 is 11.8 Å². The maximum atomic E-state index is 12.3. The molecule has 2 heterocycles. The lowest BCUT2D eigenvalue weighted by molar-refractivity contribution is -0.137. The molecule has 0 saturated carbocycles. The van der Waals surface area contributed by atoms with Crippen molar-refractivity contribution in [2.75, 3.05) is 27.2 Å². The Labute approximate surface area is 129 Å². The molecule has 2 rings (SSSR count). The van der Waals surface area contributed by atoms with Crippen LogP contribution in [0.15, 0.2) is 22.8 Å². The zero-order chi connectivity index (χ0) is 16.3. The molecule has 0 unspecified atom stereocenters. The van der Waals surface area contributed by atoms with Gasteiger partial charge >= 0.3 is 0 Å². The highest BCUT2D eigenvalue weighted by Gasteiger charge is 2.37. The molecular formula is C15H23N3O4. The molecule has 0 spiro atoms. The van der Waals surface area contributed by atoms with Gasteiger partial charge in [0.25, 0.3) is 0 Å². The quantitative estimate of drug-likeness (QED) is 0.798. The molecule has 0 bridgehead atoms. The maximum absolute atomic E-state index is 12.3. The van der Waals surface area contributed by atoms with Crippen LogP contribution in [-0.2, 0) is 9.59 Å². The molecule has 1 fully saturated rings. The van der Waals surface area contributed by atoms with E-state index in [0.29, 0.717) is 6.54 Å². The van der Waals surface area contributed by atoms with Gasteiger partial charge in [0.05, 0.1) is 18.4 Å². The van der Waals surface area contributed by atoms with Crippen LogP contribution in [0.5, 0.6) is 0 Å². The second-order valence-corrected chi connectivity index (χ2v) is 5.82. The topological polar surface area (TPSA) is 86.0 Å². The Kier molecular flexibility index (Phi) is 5.20. The average Bonchev–Trinajstić information content (AvgIpc) is 3.07. The fourth-order valence-corrected chi connectivity index (χ4v) is 2.74. The van der Waals surface area contributed by atoms with Gasteiger partial charge in [0.15, 0.2) is 0 Å². The SMILES string of the molecule is CC(=O)N1C[C@@H](O)C[C@@H]1C(=O)NC[C@H](c1ccco1)N(C)C. The molecule has 1 aromatic rings. The third-order valence-corrected chi connectivity index (χ3v) is 3.95. The lowest BCUT2D eigenvalue weighted by Gasteiger charge is -2.25. The van der Waals surface area contributed by atoms with Gasteiger partial charge in [-0.1, -0.05) is 0 Å². The van der Waals surface area contributed by atoms with E-state index < -0.39 is 12.1 Å². The Morgan fingerprint density at radius 2 is 2.27 bits per heavy atom. The molecule has 0 aromatic carbocycles. The molecule has 0 radical (unpaired) electrons. The summed E-state index contributed by atoms with van der Waals surface area (Å²) in [6.07, 6.45) is 1.23. The first kappa shape index (κ1) is 16.5. The normalized spacial score (nSPS) is 22.9. The van der Waals surface area contributed by atoms with Gasteiger partial charge in [-0.3, -0.25) is 14.5 Å². The summed E-state index contributed by atoms with van der Waals surface area (Å²) in [6, 6.07) is 2.97. The lowest BCUT2D eigenvalue weighted by Crippen LogP contribution is -2.47. The number of nitrogens with zero attached hydrogens (tertiary/aromatic N) is 2. The van der Waals surface area contributed by atoms with Crippen LogP contribution in [0.25, 0.3) is 0 Å². The van der Waals surface area contributed by atoms with E-state index in [0.717, 1.165) is 5.76 Å². The lowest BCUT2D eigenvalue weighted by atomic mass is 10.1. The number of nitrogens with one attached hydrogen (secondary N) is 1. The monoisotopic (exact) mass is 309 g/mol. The van der Waals surface area contributed by atoms with Crippen molar-refractivity contribution < 1.29 is 19.1 Å². The van der Waals surface area contributed by atoms with Crippen LogP contribution < -0.4 is 5.32 Å². The van der Waals surface area contributed by atoms with Gasteiger partial charge in [0, 0.05) is 26.4 Å². The van der Waals surface area contributed by atoms with Gasteiger partial charge in [-0.25, -0.2) is 0 Å². The molecular weight excluding hydrogens is 286 g/mol. The fraction of sp³-hybridized carbons (Fsp3) is 0.600. The Hall–Kier alpha value is -1.86. The Balaban J connectivity index is 1.98. The number of amides is 2. The van der Waals surface area contributed by atoms with Crippen LogP contribution >= 0.6 is 0 Å². The predicted octanol–water partition coefficient (Wildman–Crippen LogP) is -0.0198.